The molecule has 0 bridgehead atoms. The van der Waals surface area contributed by atoms with E-state index < -0.39 is 33.6 Å². The van der Waals surface area contributed by atoms with Gasteiger partial charge < -0.3 is 10.2 Å². The molecule has 0 aliphatic rings. The number of hydrogen-bond acceptors (Lipinski definition) is 4. The predicted molar refractivity (Wildman–Crippen MR) is 70.6 cm³/mol. The molecule has 0 amide bonds. The number of hydrogen-bond donors (Lipinski definition) is 2. The molecule has 4 nitrogen and oxygen atoms in total. The van der Waals surface area contributed by atoms with Crippen LogP contribution < -0.4 is 0 Å². The fourth-order valence-corrected chi connectivity index (χ4v) is 3.86. The van der Waals surface area contributed by atoms with Crippen LogP contribution in [0.2, 0.25) is 0 Å². The number of sulfone groups is 1. The molecule has 17 heavy (non-hydrogen) atoms. The van der Waals surface area contributed by atoms with Crippen LogP contribution in [0.1, 0.15) is 25.7 Å². The standard InChI is InChI=1S/C10H20Cl2O4S/c11-5-1-3-9(7-13)17(15,16)10(8-14)4-2-6-12/h9-10,13-14H,1-8H2. The van der Waals surface area contributed by atoms with Crippen LogP contribution in [0.3, 0.4) is 0 Å². The van der Waals surface area contributed by atoms with E-state index in [1.807, 2.05) is 0 Å². The van der Waals surface area contributed by atoms with Crippen molar-refractivity contribution < 1.29 is 18.6 Å². The minimum absolute atomic E-state index is 0.319. The van der Waals surface area contributed by atoms with Crippen LogP contribution in [0.15, 0.2) is 0 Å². The SMILES string of the molecule is O=S(=O)(C(CO)CCCCl)C(CO)CCCCl. The molecular formula is C10H20Cl2O4S. The van der Waals surface area contributed by atoms with E-state index in [0.717, 1.165) is 0 Å². The van der Waals surface area contributed by atoms with Gasteiger partial charge in [-0.1, -0.05) is 0 Å². The van der Waals surface area contributed by atoms with Gasteiger partial charge in [0.05, 0.1) is 23.7 Å². The van der Waals surface area contributed by atoms with Gasteiger partial charge in [0, 0.05) is 11.8 Å². The molecule has 0 radical (unpaired) electrons. The summed E-state index contributed by atoms with van der Waals surface area (Å²) < 4.78 is 24.2. The fourth-order valence-electron chi connectivity index (χ4n) is 1.60. The summed E-state index contributed by atoms with van der Waals surface area (Å²) >= 11 is 11.0. The van der Waals surface area contributed by atoms with Crippen molar-refractivity contribution in [3.8, 4) is 0 Å². The summed E-state index contributed by atoms with van der Waals surface area (Å²) in [7, 11) is -3.53. The van der Waals surface area contributed by atoms with E-state index in [-0.39, 0.29) is 0 Å². The Morgan fingerprint density at radius 3 is 1.47 bits per heavy atom. The highest BCUT2D eigenvalue weighted by Gasteiger charge is 2.32. The Balaban J connectivity index is 4.66. The highest BCUT2D eigenvalue weighted by atomic mass is 35.5. The van der Waals surface area contributed by atoms with Crippen molar-refractivity contribution in [3.63, 3.8) is 0 Å². The second-order valence-electron chi connectivity index (χ2n) is 3.86. The largest absolute Gasteiger partial charge is 0.395 e. The number of aliphatic hydroxyl groups is 2. The first-order valence-electron chi connectivity index (χ1n) is 5.60. The van der Waals surface area contributed by atoms with Crippen molar-refractivity contribution in [1.29, 1.82) is 0 Å². The zero-order chi connectivity index (χ0) is 13.3. The van der Waals surface area contributed by atoms with Gasteiger partial charge in [0.2, 0.25) is 0 Å². The van der Waals surface area contributed by atoms with Gasteiger partial charge in [0.25, 0.3) is 0 Å². The summed E-state index contributed by atoms with van der Waals surface area (Å²) in [5.41, 5.74) is 0. The van der Waals surface area contributed by atoms with Gasteiger partial charge in [-0.05, 0) is 25.7 Å². The van der Waals surface area contributed by atoms with Crippen molar-refractivity contribution in [1.82, 2.24) is 0 Å². The normalized spacial score (nSPS) is 15.8. The van der Waals surface area contributed by atoms with E-state index in [1.165, 1.54) is 0 Å². The second kappa shape index (κ2) is 9.39. The molecule has 0 aliphatic carbocycles. The highest BCUT2D eigenvalue weighted by Crippen LogP contribution is 2.18. The average molecular weight is 307 g/mol. The molecule has 0 aromatic heterocycles. The number of alkyl halides is 2. The zero-order valence-electron chi connectivity index (χ0n) is 9.69. The summed E-state index contributed by atoms with van der Waals surface area (Å²) in [6, 6.07) is 0. The maximum Gasteiger partial charge on any atom is 0.160 e. The van der Waals surface area contributed by atoms with Gasteiger partial charge in [-0.2, -0.15) is 0 Å². The van der Waals surface area contributed by atoms with E-state index >= 15 is 0 Å². The summed E-state index contributed by atoms with van der Waals surface area (Å²) in [5, 5.41) is 16.6. The maximum atomic E-state index is 12.1. The summed E-state index contributed by atoms with van der Waals surface area (Å²) in [6.07, 6.45) is 1.69. The lowest BCUT2D eigenvalue weighted by Crippen LogP contribution is -2.37. The highest BCUT2D eigenvalue weighted by molar-refractivity contribution is 7.92. The van der Waals surface area contributed by atoms with Crippen LogP contribution in [0.4, 0.5) is 0 Å². The molecule has 2 unspecified atom stereocenters. The molecule has 0 aromatic rings. The van der Waals surface area contributed by atoms with Crippen LogP contribution in [-0.2, 0) is 9.84 Å². The Morgan fingerprint density at radius 2 is 1.24 bits per heavy atom. The summed E-state index contributed by atoms with van der Waals surface area (Å²) in [6.45, 7) is -0.868. The van der Waals surface area contributed by atoms with Gasteiger partial charge >= 0.3 is 0 Å². The lowest BCUT2D eigenvalue weighted by molar-refractivity contribution is 0.271. The maximum absolute atomic E-state index is 12.1. The van der Waals surface area contributed by atoms with E-state index in [0.29, 0.717) is 37.4 Å². The van der Waals surface area contributed by atoms with Crippen molar-refractivity contribution in [2.45, 2.75) is 36.2 Å². The Bertz CT molecular complexity index is 260. The number of rotatable bonds is 10. The summed E-state index contributed by atoms with van der Waals surface area (Å²) in [4.78, 5) is 0. The van der Waals surface area contributed by atoms with E-state index in [1.54, 1.807) is 0 Å². The third-order valence-corrected chi connectivity index (χ3v) is 5.82. The van der Waals surface area contributed by atoms with E-state index in [9.17, 15) is 8.42 Å². The Labute approximate surface area is 113 Å². The predicted octanol–water partition coefficient (Wildman–Crippen LogP) is 1.16. The first-order chi connectivity index (χ1) is 8.04. The molecule has 0 aliphatic heterocycles. The van der Waals surface area contributed by atoms with Gasteiger partial charge in [0.1, 0.15) is 0 Å². The molecule has 0 spiro atoms. The van der Waals surface area contributed by atoms with Gasteiger partial charge in [-0.3, -0.25) is 0 Å². The van der Waals surface area contributed by atoms with Crippen LogP contribution >= 0.6 is 23.2 Å². The molecule has 0 rings (SSSR count). The minimum atomic E-state index is -3.53. The van der Waals surface area contributed by atoms with Gasteiger partial charge in [-0.15, -0.1) is 23.2 Å². The molecule has 0 fully saturated rings. The average Bonchev–Trinajstić information content (AvgIpc) is 2.30. The van der Waals surface area contributed by atoms with Gasteiger partial charge in [-0.25, -0.2) is 8.42 Å². The third kappa shape index (κ3) is 5.75. The third-order valence-electron chi connectivity index (χ3n) is 2.66. The van der Waals surface area contributed by atoms with Crippen molar-refractivity contribution in [2.24, 2.45) is 0 Å². The summed E-state index contributed by atoms with van der Waals surface area (Å²) in [5.74, 6) is 0.717. The first-order valence-corrected chi connectivity index (χ1v) is 8.28. The van der Waals surface area contributed by atoms with Crippen LogP contribution in [0, 0.1) is 0 Å². The van der Waals surface area contributed by atoms with Crippen LogP contribution in [-0.4, -0.2) is 54.1 Å². The lowest BCUT2D eigenvalue weighted by Gasteiger charge is -2.21. The van der Waals surface area contributed by atoms with Gasteiger partial charge in [0.15, 0.2) is 9.84 Å². The van der Waals surface area contributed by atoms with Crippen molar-refractivity contribution in [2.75, 3.05) is 25.0 Å². The molecule has 104 valence electrons. The number of aliphatic hydroxyl groups excluding tert-OH is 2. The molecule has 2 N–H and O–H groups in total. The van der Waals surface area contributed by atoms with E-state index in [2.05, 4.69) is 0 Å². The molecule has 0 heterocycles. The molecule has 0 saturated carbocycles. The first kappa shape index (κ1) is 17.4. The molecule has 0 saturated heterocycles. The molecule has 0 aromatic carbocycles. The topological polar surface area (TPSA) is 74.6 Å². The van der Waals surface area contributed by atoms with Crippen LogP contribution in [0.5, 0.6) is 0 Å². The smallest absolute Gasteiger partial charge is 0.160 e. The number of halogens is 2. The molecule has 7 heteroatoms. The second-order valence-corrected chi connectivity index (χ2v) is 7.13. The minimum Gasteiger partial charge on any atom is -0.395 e. The fraction of sp³-hybridized carbons (Fsp3) is 1.00. The quantitative estimate of drug-likeness (QED) is 0.594. The monoisotopic (exact) mass is 306 g/mol. The lowest BCUT2D eigenvalue weighted by atomic mass is 10.2. The molecule has 2 atom stereocenters. The van der Waals surface area contributed by atoms with E-state index in [4.69, 9.17) is 33.4 Å². The Morgan fingerprint density at radius 1 is 0.882 bits per heavy atom. The Kier molecular flexibility index (Phi) is 9.64. The van der Waals surface area contributed by atoms with Crippen molar-refractivity contribution >= 4 is 33.0 Å². The van der Waals surface area contributed by atoms with Crippen molar-refractivity contribution in [3.05, 3.63) is 0 Å². The zero-order valence-corrected chi connectivity index (χ0v) is 12.0. The van der Waals surface area contributed by atoms with Crippen LogP contribution in [0.25, 0.3) is 0 Å². The Hall–Kier alpha value is 0.450. The molecular weight excluding hydrogens is 287 g/mol.